The molecule has 1 heterocycles. The second-order valence-electron chi connectivity index (χ2n) is 4.90. The van der Waals surface area contributed by atoms with Crippen molar-refractivity contribution in [3.05, 3.63) is 24.3 Å². The maximum atomic E-state index is 12.6. The normalized spacial score (nSPS) is 17.4. The maximum absolute atomic E-state index is 12.6. The molecule has 0 unspecified atom stereocenters. The minimum absolute atomic E-state index is 0.300. The fraction of sp³-hybridized carbons (Fsp3) is 0.538. The summed E-state index contributed by atoms with van der Waals surface area (Å²) in [5, 5.41) is 0. The lowest BCUT2D eigenvalue weighted by Crippen LogP contribution is -2.34. The minimum atomic E-state index is -4.95. The van der Waals surface area contributed by atoms with Crippen molar-refractivity contribution in [2.24, 2.45) is 0 Å². The molecule has 0 aromatic heterocycles. The number of nitrogens with zero attached hydrogens (tertiary/aromatic N) is 1. The van der Waals surface area contributed by atoms with Crippen molar-refractivity contribution in [2.45, 2.75) is 19.3 Å². The van der Waals surface area contributed by atoms with Gasteiger partial charge in [0, 0.05) is 6.54 Å². The molecular weight excluding hydrogens is 254 g/mol. The Labute approximate surface area is 111 Å². The van der Waals surface area contributed by atoms with Gasteiger partial charge in [0.05, 0.1) is 0 Å². The van der Waals surface area contributed by atoms with Crippen LogP contribution in [0.3, 0.4) is 0 Å². The van der Waals surface area contributed by atoms with E-state index in [0.717, 1.165) is 31.8 Å². The van der Waals surface area contributed by atoms with Crippen LogP contribution < -0.4 is 10.2 Å². The highest BCUT2D eigenvalue weighted by atomic mass is 19.4. The van der Waals surface area contributed by atoms with Crippen LogP contribution in [0, 0.1) is 0 Å². The molecule has 6 heteroatoms. The standard InChI is InChI=1S/C13H18BF3NO/c15-14(16,17)12-5-4-6-13(11-12)19-10-9-18-7-2-1-3-8-18/h4-6,11H,1-3,7-10H2/q-1. The molecule has 1 aliphatic heterocycles. The van der Waals surface area contributed by atoms with Crippen LogP contribution in [0.15, 0.2) is 24.3 Å². The number of hydrogen-bond donors (Lipinski definition) is 0. The number of hydrogen-bond acceptors (Lipinski definition) is 2. The van der Waals surface area contributed by atoms with Crippen molar-refractivity contribution in [3.8, 4) is 5.75 Å². The Hall–Kier alpha value is -1.17. The van der Waals surface area contributed by atoms with Gasteiger partial charge < -0.3 is 17.7 Å². The number of benzene rings is 1. The van der Waals surface area contributed by atoms with Crippen LogP contribution >= 0.6 is 0 Å². The van der Waals surface area contributed by atoms with Crippen molar-refractivity contribution >= 4 is 12.4 Å². The van der Waals surface area contributed by atoms with Gasteiger partial charge in [0.2, 0.25) is 0 Å². The Bertz CT molecular complexity index is 405. The zero-order chi connectivity index (χ0) is 13.7. The van der Waals surface area contributed by atoms with Crippen molar-refractivity contribution in [1.29, 1.82) is 0 Å². The molecule has 2 nitrogen and oxygen atoms in total. The first-order valence-corrected chi connectivity index (χ1v) is 6.71. The lowest BCUT2D eigenvalue weighted by atomic mass is 9.80. The highest BCUT2D eigenvalue weighted by molar-refractivity contribution is 6.73. The van der Waals surface area contributed by atoms with E-state index >= 15 is 0 Å². The summed E-state index contributed by atoms with van der Waals surface area (Å²) in [4.78, 5) is 2.29. The van der Waals surface area contributed by atoms with E-state index in [1.54, 1.807) is 6.07 Å². The molecular formula is C13H18BF3NO-. The quantitative estimate of drug-likeness (QED) is 0.764. The number of piperidine rings is 1. The molecule has 1 aliphatic rings. The molecule has 0 saturated carbocycles. The number of halogens is 3. The minimum Gasteiger partial charge on any atom is -0.492 e. The van der Waals surface area contributed by atoms with Gasteiger partial charge in [0.1, 0.15) is 12.4 Å². The molecule has 1 aromatic rings. The monoisotopic (exact) mass is 272 g/mol. The summed E-state index contributed by atoms with van der Waals surface area (Å²) >= 11 is 0. The van der Waals surface area contributed by atoms with E-state index in [0.29, 0.717) is 12.4 Å². The average molecular weight is 272 g/mol. The van der Waals surface area contributed by atoms with Gasteiger partial charge in [0.25, 0.3) is 0 Å². The van der Waals surface area contributed by atoms with Crippen molar-refractivity contribution in [1.82, 2.24) is 4.90 Å². The van der Waals surface area contributed by atoms with Gasteiger partial charge in [-0.3, -0.25) is 4.90 Å². The van der Waals surface area contributed by atoms with Crippen LogP contribution in [-0.2, 0) is 0 Å². The predicted molar refractivity (Wildman–Crippen MR) is 70.9 cm³/mol. The van der Waals surface area contributed by atoms with Gasteiger partial charge in [-0.05, 0) is 38.1 Å². The maximum Gasteiger partial charge on any atom is 0.509 e. The van der Waals surface area contributed by atoms with E-state index in [9.17, 15) is 12.9 Å². The smallest absolute Gasteiger partial charge is 0.492 e. The molecule has 0 aliphatic carbocycles. The van der Waals surface area contributed by atoms with Gasteiger partial charge >= 0.3 is 6.98 Å². The van der Waals surface area contributed by atoms with E-state index < -0.39 is 12.4 Å². The summed E-state index contributed by atoms with van der Waals surface area (Å²) in [5.41, 5.74) is -0.601. The van der Waals surface area contributed by atoms with E-state index in [1.807, 2.05) is 0 Å². The third-order valence-corrected chi connectivity index (χ3v) is 3.36. The first kappa shape index (κ1) is 14.2. The summed E-state index contributed by atoms with van der Waals surface area (Å²) in [6, 6.07) is 5.12. The van der Waals surface area contributed by atoms with Crippen LogP contribution in [-0.4, -0.2) is 38.1 Å². The van der Waals surface area contributed by atoms with Crippen molar-refractivity contribution < 1.29 is 17.7 Å². The first-order valence-electron chi connectivity index (χ1n) is 6.71. The molecule has 0 amide bonds. The lowest BCUT2D eigenvalue weighted by Gasteiger charge is -2.26. The second-order valence-corrected chi connectivity index (χ2v) is 4.90. The van der Waals surface area contributed by atoms with E-state index in [2.05, 4.69) is 4.90 Å². The molecule has 19 heavy (non-hydrogen) atoms. The molecule has 0 radical (unpaired) electrons. The van der Waals surface area contributed by atoms with Crippen LogP contribution in [0.5, 0.6) is 5.75 Å². The highest BCUT2D eigenvalue weighted by Crippen LogP contribution is 2.15. The van der Waals surface area contributed by atoms with E-state index in [4.69, 9.17) is 4.74 Å². The Balaban J connectivity index is 1.82. The Morgan fingerprint density at radius 3 is 2.53 bits per heavy atom. The highest BCUT2D eigenvalue weighted by Gasteiger charge is 2.25. The number of ether oxygens (including phenoxy) is 1. The molecule has 0 N–H and O–H groups in total. The number of likely N-dealkylation sites (tertiary alicyclic amines) is 1. The predicted octanol–water partition coefficient (Wildman–Crippen LogP) is 2.61. The van der Waals surface area contributed by atoms with Crippen molar-refractivity contribution in [3.63, 3.8) is 0 Å². The topological polar surface area (TPSA) is 12.5 Å². The summed E-state index contributed by atoms with van der Waals surface area (Å²) in [6.07, 6.45) is 3.67. The summed E-state index contributed by atoms with van der Waals surface area (Å²) in [5.74, 6) is 0.300. The second kappa shape index (κ2) is 6.32. The Kier molecular flexibility index (Phi) is 4.74. The van der Waals surface area contributed by atoms with Gasteiger partial charge in [-0.25, -0.2) is 0 Å². The fourth-order valence-electron chi connectivity index (χ4n) is 2.28. The van der Waals surface area contributed by atoms with Gasteiger partial charge in [-0.1, -0.05) is 18.6 Å². The zero-order valence-corrected chi connectivity index (χ0v) is 10.8. The molecule has 1 aromatic carbocycles. The average Bonchev–Trinajstić information content (AvgIpc) is 2.39. The van der Waals surface area contributed by atoms with Gasteiger partial charge in [-0.2, -0.15) is 0 Å². The van der Waals surface area contributed by atoms with Crippen LogP contribution in [0.2, 0.25) is 0 Å². The number of rotatable bonds is 5. The first-order chi connectivity index (χ1) is 9.05. The summed E-state index contributed by atoms with van der Waals surface area (Å²) in [6.45, 7) is -1.60. The SMILES string of the molecule is F[B-](F)(F)c1cccc(OCCN2CCCCC2)c1. The third-order valence-electron chi connectivity index (χ3n) is 3.36. The molecule has 0 spiro atoms. The lowest BCUT2D eigenvalue weighted by molar-refractivity contribution is 0.183. The molecule has 1 saturated heterocycles. The third kappa shape index (κ3) is 4.46. The van der Waals surface area contributed by atoms with Gasteiger partial charge in [0.15, 0.2) is 0 Å². The molecule has 0 bridgehead atoms. The van der Waals surface area contributed by atoms with Crippen LogP contribution in [0.4, 0.5) is 12.9 Å². The Morgan fingerprint density at radius 1 is 1.11 bits per heavy atom. The Morgan fingerprint density at radius 2 is 1.84 bits per heavy atom. The largest absolute Gasteiger partial charge is 0.509 e. The molecule has 0 atom stereocenters. The van der Waals surface area contributed by atoms with Crippen LogP contribution in [0.1, 0.15) is 19.3 Å². The molecule has 2 rings (SSSR count). The van der Waals surface area contributed by atoms with E-state index in [1.165, 1.54) is 25.3 Å². The summed E-state index contributed by atoms with van der Waals surface area (Å²) < 4.78 is 43.2. The molecule has 106 valence electrons. The fourth-order valence-corrected chi connectivity index (χ4v) is 2.28. The van der Waals surface area contributed by atoms with E-state index in [-0.39, 0.29) is 0 Å². The molecule has 1 fully saturated rings. The van der Waals surface area contributed by atoms with Crippen molar-refractivity contribution in [2.75, 3.05) is 26.2 Å². The zero-order valence-electron chi connectivity index (χ0n) is 10.8. The van der Waals surface area contributed by atoms with Crippen LogP contribution in [0.25, 0.3) is 0 Å². The summed E-state index contributed by atoms with van der Waals surface area (Å²) in [7, 11) is 0. The van der Waals surface area contributed by atoms with Gasteiger partial charge in [-0.15, -0.1) is 5.46 Å².